The zero-order valence-corrected chi connectivity index (χ0v) is 11.3. The second-order valence-corrected chi connectivity index (χ2v) is 5.35. The number of anilines is 1. The molecule has 0 aliphatic heterocycles. The molecule has 1 aromatic rings. The Bertz CT molecular complexity index is 422. The van der Waals surface area contributed by atoms with E-state index in [0.29, 0.717) is 16.6 Å². The van der Waals surface area contributed by atoms with Gasteiger partial charge >= 0.3 is 6.03 Å². The lowest BCUT2D eigenvalue weighted by Crippen LogP contribution is -2.43. The Morgan fingerprint density at radius 2 is 2.00 bits per heavy atom. The number of halogens is 1. The molecule has 2 unspecified atom stereocenters. The standard InChI is InChI=1S/C14H19ClN2O/c1-10-6-2-4-8-12(10)16-14(18)17-13-9-5-3-7-11(13)15/h3,5,7,9-10,12H,2,4,6,8H2,1H3,(H2,16,17,18). The lowest BCUT2D eigenvalue weighted by atomic mass is 9.86. The Labute approximate surface area is 113 Å². The molecular weight excluding hydrogens is 248 g/mol. The molecule has 2 amide bonds. The first-order valence-corrected chi connectivity index (χ1v) is 6.86. The van der Waals surface area contributed by atoms with E-state index >= 15 is 0 Å². The van der Waals surface area contributed by atoms with Crippen LogP contribution in [0.4, 0.5) is 10.5 Å². The molecule has 3 nitrogen and oxygen atoms in total. The van der Waals surface area contributed by atoms with Gasteiger partial charge in [0.25, 0.3) is 0 Å². The smallest absolute Gasteiger partial charge is 0.319 e. The summed E-state index contributed by atoms with van der Waals surface area (Å²) in [7, 11) is 0. The van der Waals surface area contributed by atoms with Crippen LogP contribution in [0.2, 0.25) is 5.02 Å². The summed E-state index contributed by atoms with van der Waals surface area (Å²) in [6.45, 7) is 2.19. The molecule has 1 aromatic carbocycles. The van der Waals surface area contributed by atoms with Crippen LogP contribution in [-0.4, -0.2) is 12.1 Å². The van der Waals surface area contributed by atoms with E-state index in [1.165, 1.54) is 19.3 Å². The highest BCUT2D eigenvalue weighted by Gasteiger charge is 2.22. The molecular formula is C14H19ClN2O. The highest BCUT2D eigenvalue weighted by Crippen LogP contribution is 2.24. The molecule has 2 N–H and O–H groups in total. The van der Waals surface area contributed by atoms with E-state index in [4.69, 9.17) is 11.6 Å². The van der Waals surface area contributed by atoms with Gasteiger partial charge < -0.3 is 10.6 Å². The SMILES string of the molecule is CC1CCCCC1NC(=O)Nc1ccccc1Cl. The van der Waals surface area contributed by atoms with Gasteiger partial charge in [-0.05, 0) is 30.9 Å². The van der Waals surface area contributed by atoms with Crippen molar-refractivity contribution in [2.24, 2.45) is 5.92 Å². The highest BCUT2D eigenvalue weighted by molar-refractivity contribution is 6.33. The van der Waals surface area contributed by atoms with Gasteiger partial charge in [-0.1, -0.05) is 43.5 Å². The lowest BCUT2D eigenvalue weighted by molar-refractivity contribution is 0.232. The van der Waals surface area contributed by atoms with Crippen LogP contribution < -0.4 is 10.6 Å². The molecule has 0 spiro atoms. The summed E-state index contributed by atoms with van der Waals surface area (Å²) in [6.07, 6.45) is 4.72. The average molecular weight is 267 g/mol. The molecule has 0 saturated heterocycles. The molecule has 1 saturated carbocycles. The molecule has 0 aromatic heterocycles. The Hall–Kier alpha value is -1.22. The van der Waals surface area contributed by atoms with E-state index in [9.17, 15) is 4.79 Å². The van der Waals surface area contributed by atoms with E-state index in [2.05, 4.69) is 17.6 Å². The van der Waals surface area contributed by atoms with Crippen LogP contribution >= 0.6 is 11.6 Å². The number of urea groups is 1. The summed E-state index contributed by atoms with van der Waals surface area (Å²) in [6, 6.07) is 7.37. The van der Waals surface area contributed by atoms with E-state index in [1.54, 1.807) is 12.1 Å². The van der Waals surface area contributed by atoms with Gasteiger partial charge in [0.1, 0.15) is 0 Å². The van der Waals surface area contributed by atoms with Crippen molar-refractivity contribution >= 4 is 23.3 Å². The summed E-state index contributed by atoms with van der Waals surface area (Å²) in [5.41, 5.74) is 0.653. The van der Waals surface area contributed by atoms with Crippen LogP contribution in [0.3, 0.4) is 0 Å². The van der Waals surface area contributed by atoms with Gasteiger partial charge in [0.05, 0.1) is 10.7 Å². The molecule has 0 heterocycles. The Balaban J connectivity index is 1.90. The highest BCUT2D eigenvalue weighted by atomic mass is 35.5. The summed E-state index contributed by atoms with van der Waals surface area (Å²) < 4.78 is 0. The Kier molecular flexibility index (Phi) is 4.48. The van der Waals surface area contributed by atoms with Crippen molar-refractivity contribution in [2.45, 2.75) is 38.6 Å². The first-order chi connectivity index (χ1) is 8.66. The second-order valence-electron chi connectivity index (χ2n) is 4.95. The van der Waals surface area contributed by atoms with Gasteiger partial charge in [-0.15, -0.1) is 0 Å². The number of carbonyl (C=O) groups excluding carboxylic acids is 1. The number of carbonyl (C=O) groups is 1. The second kappa shape index (κ2) is 6.10. The number of para-hydroxylation sites is 1. The van der Waals surface area contributed by atoms with Crippen LogP contribution in [0.15, 0.2) is 24.3 Å². The quantitative estimate of drug-likeness (QED) is 0.833. The number of amides is 2. The molecule has 1 fully saturated rings. The summed E-state index contributed by atoms with van der Waals surface area (Å²) in [4.78, 5) is 11.9. The Morgan fingerprint density at radius 1 is 1.28 bits per heavy atom. The average Bonchev–Trinajstić information content (AvgIpc) is 2.35. The number of nitrogens with one attached hydrogen (secondary N) is 2. The van der Waals surface area contributed by atoms with Gasteiger partial charge in [0.15, 0.2) is 0 Å². The fraction of sp³-hybridized carbons (Fsp3) is 0.500. The third-order valence-corrected chi connectivity index (χ3v) is 3.88. The Morgan fingerprint density at radius 3 is 2.72 bits per heavy atom. The van der Waals surface area contributed by atoms with Crippen LogP contribution in [-0.2, 0) is 0 Å². The minimum atomic E-state index is -0.165. The van der Waals surface area contributed by atoms with Crippen molar-refractivity contribution in [3.05, 3.63) is 29.3 Å². The fourth-order valence-electron chi connectivity index (χ4n) is 2.42. The first kappa shape index (κ1) is 13.2. The van der Waals surface area contributed by atoms with E-state index in [1.807, 2.05) is 12.1 Å². The van der Waals surface area contributed by atoms with Crippen molar-refractivity contribution in [2.75, 3.05) is 5.32 Å². The van der Waals surface area contributed by atoms with Gasteiger partial charge in [-0.3, -0.25) is 0 Å². The lowest BCUT2D eigenvalue weighted by Gasteiger charge is -2.29. The van der Waals surface area contributed by atoms with Gasteiger partial charge in [-0.25, -0.2) is 4.79 Å². The van der Waals surface area contributed by atoms with Crippen molar-refractivity contribution < 1.29 is 4.79 Å². The minimum Gasteiger partial charge on any atom is -0.335 e. The fourth-order valence-corrected chi connectivity index (χ4v) is 2.60. The van der Waals surface area contributed by atoms with Crippen LogP contribution in [0.25, 0.3) is 0 Å². The first-order valence-electron chi connectivity index (χ1n) is 6.49. The molecule has 2 atom stereocenters. The van der Waals surface area contributed by atoms with Crippen molar-refractivity contribution in [1.82, 2.24) is 5.32 Å². The van der Waals surface area contributed by atoms with Crippen molar-refractivity contribution in [3.63, 3.8) is 0 Å². The number of hydrogen-bond donors (Lipinski definition) is 2. The van der Waals surface area contributed by atoms with E-state index in [0.717, 1.165) is 6.42 Å². The van der Waals surface area contributed by atoms with E-state index in [-0.39, 0.29) is 12.1 Å². The third kappa shape index (κ3) is 3.39. The monoisotopic (exact) mass is 266 g/mol. The maximum absolute atomic E-state index is 11.9. The number of hydrogen-bond acceptors (Lipinski definition) is 1. The molecule has 4 heteroatoms. The zero-order chi connectivity index (χ0) is 13.0. The van der Waals surface area contributed by atoms with Crippen LogP contribution in [0.1, 0.15) is 32.6 Å². The third-order valence-electron chi connectivity index (χ3n) is 3.55. The van der Waals surface area contributed by atoms with Gasteiger partial charge in [0, 0.05) is 6.04 Å². The summed E-state index contributed by atoms with van der Waals surface area (Å²) >= 11 is 6.00. The molecule has 1 aliphatic carbocycles. The molecule has 98 valence electrons. The van der Waals surface area contributed by atoms with Gasteiger partial charge in [0.2, 0.25) is 0 Å². The molecule has 0 bridgehead atoms. The predicted octanol–water partition coefficient (Wildman–Crippen LogP) is 4.04. The maximum atomic E-state index is 11.9. The normalized spacial score (nSPS) is 23.4. The number of benzene rings is 1. The van der Waals surface area contributed by atoms with Crippen molar-refractivity contribution in [3.8, 4) is 0 Å². The topological polar surface area (TPSA) is 41.1 Å². The number of rotatable bonds is 2. The van der Waals surface area contributed by atoms with Crippen molar-refractivity contribution in [1.29, 1.82) is 0 Å². The molecule has 18 heavy (non-hydrogen) atoms. The zero-order valence-electron chi connectivity index (χ0n) is 10.6. The van der Waals surface area contributed by atoms with E-state index < -0.39 is 0 Å². The minimum absolute atomic E-state index is 0.165. The summed E-state index contributed by atoms with van der Waals surface area (Å²) in [5.74, 6) is 0.552. The van der Waals surface area contributed by atoms with Gasteiger partial charge in [-0.2, -0.15) is 0 Å². The largest absolute Gasteiger partial charge is 0.335 e. The summed E-state index contributed by atoms with van der Waals surface area (Å²) in [5, 5.41) is 6.39. The molecule has 1 aliphatic rings. The predicted molar refractivity (Wildman–Crippen MR) is 75.0 cm³/mol. The molecule has 2 rings (SSSR count). The van der Waals surface area contributed by atoms with Crippen LogP contribution in [0.5, 0.6) is 0 Å². The van der Waals surface area contributed by atoms with Crippen LogP contribution in [0, 0.1) is 5.92 Å². The molecule has 0 radical (unpaired) electrons. The maximum Gasteiger partial charge on any atom is 0.319 e.